The van der Waals surface area contributed by atoms with Gasteiger partial charge in [-0.15, -0.1) is 0 Å². The molecule has 2 rings (SSSR count). The van der Waals surface area contributed by atoms with Crippen molar-refractivity contribution in [1.82, 2.24) is 4.90 Å². The van der Waals surface area contributed by atoms with Crippen LogP contribution in [-0.2, 0) is 0 Å². The number of piperidine rings is 1. The lowest BCUT2D eigenvalue weighted by atomic mass is 10.0. The zero-order valence-corrected chi connectivity index (χ0v) is 6.30. The molecule has 2 fully saturated rings. The molecule has 2 bridgehead atoms. The Morgan fingerprint density at radius 2 is 2.11 bits per heavy atom. The van der Waals surface area contributed by atoms with E-state index in [0.717, 1.165) is 17.9 Å². The molecule has 0 spiro atoms. The van der Waals surface area contributed by atoms with E-state index >= 15 is 0 Å². The van der Waals surface area contributed by atoms with Crippen LogP contribution in [0.2, 0.25) is 0 Å². The Hall–Kier alpha value is -0.0400. The fourth-order valence-electron chi connectivity index (χ4n) is 2.66. The quantitative estimate of drug-likeness (QED) is 0.472. The molecular formula is C8H15N. The second kappa shape index (κ2) is 1.72. The maximum absolute atomic E-state index is 2.53. The normalized spacial score (nSPS) is 50.7. The predicted octanol–water partition coefficient (Wildman–Crippen LogP) is 1.35. The third kappa shape index (κ3) is 0.710. The Balaban J connectivity index is 2.13. The summed E-state index contributed by atoms with van der Waals surface area (Å²) in [6.07, 6.45) is 2.98. The van der Waals surface area contributed by atoms with Gasteiger partial charge in [0.15, 0.2) is 0 Å². The molecule has 1 saturated carbocycles. The lowest BCUT2D eigenvalue weighted by Gasteiger charge is -2.27. The molecule has 52 valence electrons. The van der Waals surface area contributed by atoms with Gasteiger partial charge in [-0.2, -0.15) is 0 Å². The number of likely N-dealkylation sites (tertiary alicyclic amines) is 1. The van der Waals surface area contributed by atoms with Crippen LogP contribution in [0.3, 0.4) is 0 Å². The monoisotopic (exact) mass is 125 g/mol. The van der Waals surface area contributed by atoms with Gasteiger partial charge in [0.2, 0.25) is 0 Å². The van der Waals surface area contributed by atoms with Crippen molar-refractivity contribution in [3.63, 3.8) is 0 Å². The summed E-state index contributed by atoms with van der Waals surface area (Å²) in [5.41, 5.74) is 0. The summed E-state index contributed by atoms with van der Waals surface area (Å²) in [4.78, 5) is 2.53. The van der Waals surface area contributed by atoms with E-state index in [1.807, 2.05) is 0 Å². The highest BCUT2D eigenvalue weighted by Gasteiger charge is 2.40. The second-order valence-corrected chi connectivity index (χ2v) is 3.82. The summed E-state index contributed by atoms with van der Waals surface area (Å²) in [6.45, 7) is 3.76. The van der Waals surface area contributed by atoms with E-state index in [4.69, 9.17) is 0 Å². The molecule has 1 heteroatoms. The van der Waals surface area contributed by atoms with Crippen molar-refractivity contribution in [2.24, 2.45) is 11.8 Å². The summed E-state index contributed by atoms with van der Waals surface area (Å²) in [5, 5.41) is 0. The van der Waals surface area contributed by atoms with Crippen LogP contribution in [0.25, 0.3) is 0 Å². The Morgan fingerprint density at radius 1 is 1.33 bits per heavy atom. The molecular weight excluding hydrogens is 110 g/mol. The molecule has 0 aromatic heterocycles. The molecule has 2 aliphatic rings. The summed E-state index contributed by atoms with van der Waals surface area (Å²) in [6, 6.07) is 0.940. The summed E-state index contributed by atoms with van der Waals surface area (Å²) in [7, 11) is 2.26. The van der Waals surface area contributed by atoms with Gasteiger partial charge >= 0.3 is 0 Å². The van der Waals surface area contributed by atoms with E-state index in [9.17, 15) is 0 Å². The Morgan fingerprint density at radius 3 is 2.44 bits per heavy atom. The first-order valence-electron chi connectivity index (χ1n) is 3.97. The molecule has 1 nitrogen and oxygen atoms in total. The van der Waals surface area contributed by atoms with Crippen molar-refractivity contribution in [3.05, 3.63) is 0 Å². The van der Waals surface area contributed by atoms with Crippen LogP contribution < -0.4 is 0 Å². The van der Waals surface area contributed by atoms with Crippen LogP contribution in [0, 0.1) is 11.8 Å². The topological polar surface area (TPSA) is 3.24 Å². The molecule has 0 N–H and O–H groups in total. The van der Waals surface area contributed by atoms with E-state index in [2.05, 4.69) is 18.9 Å². The molecule has 0 aromatic carbocycles. The fraction of sp³-hybridized carbons (Fsp3) is 1.00. The first kappa shape index (κ1) is 5.72. The van der Waals surface area contributed by atoms with Gasteiger partial charge in [-0.05, 0) is 31.7 Å². The zero-order chi connectivity index (χ0) is 6.43. The van der Waals surface area contributed by atoms with Gasteiger partial charge < -0.3 is 4.90 Å². The SMILES string of the molecule is CC1CC2CC1N(C)C2. The number of nitrogens with zero attached hydrogens (tertiary/aromatic N) is 1. The number of hydrogen-bond donors (Lipinski definition) is 0. The molecule has 1 heterocycles. The van der Waals surface area contributed by atoms with Crippen molar-refractivity contribution < 1.29 is 0 Å². The minimum Gasteiger partial charge on any atom is -0.303 e. The Bertz CT molecular complexity index is 110. The average molecular weight is 125 g/mol. The number of fused-ring (bicyclic) bond motifs is 2. The average Bonchev–Trinajstić information content (AvgIpc) is 2.22. The molecule has 1 saturated heterocycles. The molecule has 1 aliphatic carbocycles. The minimum absolute atomic E-state index is 0.940. The first-order valence-corrected chi connectivity index (χ1v) is 3.97. The highest BCUT2D eigenvalue weighted by atomic mass is 15.2. The van der Waals surface area contributed by atoms with E-state index in [1.165, 1.54) is 19.4 Å². The molecule has 0 radical (unpaired) electrons. The van der Waals surface area contributed by atoms with Gasteiger partial charge in [-0.3, -0.25) is 0 Å². The first-order chi connectivity index (χ1) is 4.27. The molecule has 9 heavy (non-hydrogen) atoms. The third-order valence-corrected chi connectivity index (χ3v) is 3.05. The van der Waals surface area contributed by atoms with E-state index in [0.29, 0.717) is 0 Å². The summed E-state index contributed by atoms with van der Waals surface area (Å²) >= 11 is 0. The minimum atomic E-state index is 0.940. The van der Waals surface area contributed by atoms with E-state index in [1.54, 1.807) is 0 Å². The van der Waals surface area contributed by atoms with Crippen LogP contribution in [0.1, 0.15) is 19.8 Å². The van der Waals surface area contributed by atoms with Crippen LogP contribution >= 0.6 is 0 Å². The maximum Gasteiger partial charge on any atom is 0.0121 e. The van der Waals surface area contributed by atoms with Crippen LogP contribution in [0.15, 0.2) is 0 Å². The molecule has 0 amide bonds. The lowest BCUT2D eigenvalue weighted by Crippen LogP contribution is -2.33. The van der Waals surface area contributed by atoms with Gasteiger partial charge in [0.1, 0.15) is 0 Å². The fourth-order valence-corrected chi connectivity index (χ4v) is 2.66. The molecule has 3 atom stereocenters. The predicted molar refractivity (Wildman–Crippen MR) is 38.3 cm³/mol. The molecule has 3 unspecified atom stereocenters. The van der Waals surface area contributed by atoms with Gasteiger partial charge in [0, 0.05) is 12.6 Å². The van der Waals surface area contributed by atoms with Crippen LogP contribution in [0.4, 0.5) is 0 Å². The van der Waals surface area contributed by atoms with Crippen LogP contribution in [0.5, 0.6) is 0 Å². The van der Waals surface area contributed by atoms with Crippen molar-refractivity contribution in [3.8, 4) is 0 Å². The van der Waals surface area contributed by atoms with Crippen molar-refractivity contribution in [2.75, 3.05) is 13.6 Å². The van der Waals surface area contributed by atoms with Crippen molar-refractivity contribution in [2.45, 2.75) is 25.8 Å². The van der Waals surface area contributed by atoms with Crippen molar-refractivity contribution in [1.29, 1.82) is 0 Å². The third-order valence-electron chi connectivity index (χ3n) is 3.05. The number of rotatable bonds is 0. The van der Waals surface area contributed by atoms with E-state index in [-0.39, 0.29) is 0 Å². The Labute approximate surface area is 57.0 Å². The van der Waals surface area contributed by atoms with Gasteiger partial charge in [0.25, 0.3) is 0 Å². The molecule has 0 aromatic rings. The van der Waals surface area contributed by atoms with Gasteiger partial charge in [-0.25, -0.2) is 0 Å². The zero-order valence-electron chi connectivity index (χ0n) is 6.30. The van der Waals surface area contributed by atoms with Gasteiger partial charge in [0.05, 0.1) is 0 Å². The molecule has 1 aliphatic heterocycles. The maximum atomic E-state index is 2.53. The van der Waals surface area contributed by atoms with Crippen molar-refractivity contribution >= 4 is 0 Å². The van der Waals surface area contributed by atoms with Crippen LogP contribution in [-0.4, -0.2) is 24.5 Å². The second-order valence-electron chi connectivity index (χ2n) is 3.82. The summed E-state index contributed by atoms with van der Waals surface area (Å²) < 4.78 is 0. The summed E-state index contributed by atoms with van der Waals surface area (Å²) in [5.74, 6) is 2.03. The van der Waals surface area contributed by atoms with Gasteiger partial charge in [-0.1, -0.05) is 6.92 Å². The smallest absolute Gasteiger partial charge is 0.0121 e. The van der Waals surface area contributed by atoms with E-state index < -0.39 is 0 Å². The standard InChI is InChI=1S/C8H15N/c1-6-3-7-4-8(6)9(2)5-7/h6-8H,3-5H2,1-2H3. The lowest BCUT2D eigenvalue weighted by molar-refractivity contribution is 0.204. The number of hydrogen-bond acceptors (Lipinski definition) is 1. The largest absolute Gasteiger partial charge is 0.303 e. The highest BCUT2D eigenvalue weighted by molar-refractivity contribution is 4.94. The highest BCUT2D eigenvalue weighted by Crippen LogP contribution is 2.40. The Kier molecular flexibility index (Phi) is 1.10.